The highest BCUT2D eigenvalue weighted by Gasteiger charge is 2.21. The van der Waals surface area contributed by atoms with Crippen LogP contribution in [0.1, 0.15) is 38.4 Å². The monoisotopic (exact) mass is 273 g/mol. The largest absolute Gasteiger partial charge is 0.494 e. The number of fused-ring (bicyclic) bond motifs is 1. The third-order valence-electron chi connectivity index (χ3n) is 4.08. The van der Waals surface area contributed by atoms with Crippen LogP contribution in [0.2, 0.25) is 0 Å². The van der Waals surface area contributed by atoms with E-state index in [-0.39, 0.29) is 0 Å². The van der Waals surface area contributed by atoms with Gasteiger partial charge in [0.25, 0.3) is 0 Å². The van der Waals surface area contributed by atoms with Crippen molar-refractivity contribution >= 4 is 11.0 Å². The van der Waals surface area contributed by atoms with Gasteiger partial charge in [0.1, 0.15) is 11.6 Å². The molecule has 0 saturated carbocycles. The zero-order chi connectivity index (χ0) is 13.9. The average molecular weight is 273 g/mol. The zero-order valence-electron chi connectivity index (χ0n) is 12.4. The lowest BCUT2D eigenvalue weighted by molar-refractivity contribution is 0.340. The minimum atomic E-state index is 0.583. The summed E-state index contributed by atoms with van der Waals surface area (Å²) in [6.45, 7) is 8.08. The molecule has 0 unspecified atom stereocenters. The van der Waals surface area contributed by atoms with Gasteiger partial charge < -0.3 is 14.6 Å². The summed E-state index contributed by atoms with van der Waals surface area (Å²) in [6.07, 6.45) is 2.36. The molecular weight excluding hydrogens is 250 g/mol. The van der Waals surface area contributed by atoms with Crippen molar-refractivity contribution in [3.63, 3.8) is 0 Å². The molecule has 0 aliphatic carbocycles. The van der Waals surface area contributed by atoms with Crippen molar-refractivity contribution in [3.05, 3.63) is 24.0 Å². The molecule has 108 valence electrons. The molecule has 0 atom stereocenters. The van der Waals surface area contributed by atoms with E-state index in [1.807, 2.05) is 13.0 Å². The Bertz CT molecular complexity index is 585. The van der Waals surface area contributed by atoms with Gasteiger partial charge in [0.15, 0.2) is 0 Å². The molecule has 1 aliphatic rings. The number of rotatable bonds is 4. The Labute approximate surface area is 120 Å². The number of hydrogen-bond donors (Lipinski definition) is 1. The van der Waals surface area contributed by atoms with Crippen molar-refractivity contribution in [1.29, 1.82) is 0 Å². The smallest absolute Gasteiger partial charge is 0.121 e. The molecule has 2 aromatic rings. The predicted molar refractivity (Wildman–Crippen MR) is 81.4 cm³/mol. The van der Waals surface area contributed by atoms with Crippen molar-refractivity contribution in [2.24, 2.45) is 0 Å². The minimum Gasteiger partial charge on any atom is -0.494 e. The normalized spacial score (nSPS) is 16.7. The molecular formula is C16H23N3O. The lowest BCUT2D eigenvalue weighted by Gasteiger charge is -2.22. The second kappa shape index (κ2) is 5.83. The standard InChI is InChI=1S/C16H23N3O/c1-3-19-15-6-5-13(20-4-2)11-14(15)18-16(19)12-7-9-17-10-8-12/h5-6,11-12,17H,3-4,7-10H2,1-2H3. The molecule has 1 aromatic heterocycles. The van der Waals surface area contributed by atoms with Crippen LogP contribution >= 0.6 is 0 Å². The molecule has 20 heavy (non-hydrogen) atoms. The van der Waals surface area contributed by atoms with Gasteiger partial charge >= 0.3 is 0 Å². The zero-order valence-corrected chi connectivity index (χ0v) is 12.4. The fraction of sp³-hybridized carbons (Fsp3) is 0.562. The third kappa shape index (κ3) is 2.40. The van der Waals surface area contributed by atoms with E-state index < -0.39 is 0 Å². The first-order valence-electron chi connectivity index (χ1n) is 7.67. The van der Waals surface area contributed by atoms with Crippen LogP contribution in [0.5, 0.6) is 5.75 Å². The number of ether oxygens (including phenoxy) is 1. The Morgan fingerprint density at radius 3 is 2.80 bits per heavy atom. The molecule has 0 spiro atoms. The van der Waals surface area contributed by atoms with E-state index >= 15 is 0 Å². The highest BCUT2D eigenvalue weighted by atomic mass is 16.5. The van der Waals surface area contributed by atoms with E-state index in [2.05, 4.69) is 28.9 Å². The third-order valence-corrected chi connectivity index (χ3v) is 4.08. The fourth-order valence-corrected chi connectivity index (χ4v) is 3.11. The van der Waals surface area contributed by atoms with Gasteiger partial charge in [-0.2, -0.15) is 0 Å². The van der Waals surface area contributed by atoms with E-state index in [0.29, 0.717) is 12.5 Å². The number of piperidine rings is 1. The summed E-state index contributed by atoms with van der Waals surface area (Å²) in [4.78, 5) is 4.91. The van der Waals surface area contributed by atoms with Crippen LogP contribution in [0.15, 0.2) is 18.2 Å². The van der Waals surface area contributed by atoms with Gasteiger partial charge in [-0.25, -0.2) is 4.98 Å². The van der Waals surface area contributed by atoms with E-state index in [0.717, 1.165) is 30.9 Å². The molecule has 4 heteroatoms. The summed E-state index contributed by atoms with van der Waals surface area (Å²) in [5.41, 5.74) is 2.29. The Kier molecular flexibility index (Phi) is 3.92. The van der Waals surface area contributed by atoms with Crippen molar-refractivity contribution in [2.75, 3.05) is 19.7 Å². The molecule has 1 aromatic carbocycles. The molecule has 0 amide bonds. The topological polar surface area (TPSA) is 39.1 Å². The number of benzene rings is 1. The maximum Gasteiger partial charge on any atom is 0.121 e. The molecule has 1 saturated heterocycles. The van der Waals surface area contributed by atoms with E-state index in [4.69, 9.17) is 9.72 Å². The number of aryl methyl sites for hydroxylation is 1. The van der Waals surface area contributed by atoms with Gasteiger partial charge in [0.2, 0.25) is 0 Å². The van der Waals surface area contributed by atoms with Crippen molar-refractivity contribution in [3.8, 4) is 5.75 Å². The summed E-state index contributed by atoms with van der Waals surface area (Å²) in [5, 5.41) is 3.42. The fourth-order valence-electron chi connectivity index (χ4n) is 3.11. The average Bonchev–Trinajstić information content (AvgIpc) is 2.86. The molecule has 1 aliphatic heterocycles. The van der Waals surface area contributed by atoms with Crippen LogP contribution in [0.25, 0.3) is 11.0 Å². The lowest BCUT2D eigenvalue weighted by atomic mass is 9.97. The summed E-state index contributed by atoms with van der Waals surface area (Å²) in [5.74, 6) is 2.74. The van der Waals surface area contributed by atoms with Crippen molar-refractivity contribution in [1.82, 2.24) is 14.9 Å². The SMILES string of the molecule is CCOc1ccc2c(c1)nc(C1CCNCC1)n2CC. The second-order valence-corrected chi connectivity index (χ2v) is 5.32. The van der Waals surface area contributed by atoms with Gasteiger partial charge in [0.05, 0.1) is 17.6 Å². The first-order chi connectivity index (χ1) is 9.83. The Hall–Kier alpha value is -1.55. The summed E-state index contributed by atoms with van der Waals surface area (Å²) in [6, 6.07) is 6.25. The van der Waals surface area contributed by atoms with Crippen LogP contribution in [0, 0.1) is 0 Å². The first kappa shape index (κ1) is 13.4. The van der Waals surface area contributed by atoms with Crippen molar-refractivity contribution < 1.29 is 4.74 Å². The van der Waals surface area contributed by atoms with Gasteiger partial charge in [-0.1, -0.05) is 0 Å². The van der Waals surface area contributed by atoms with E-state index in [1.54, 1.807) is 0 Å². The first-order valence-corrected chi connectivity index (χ1v) is 7.67. The molecule has 0 bridgehead atoms. The second-order valence-electron chi connectivity index (χ2n) is 5.32. The highest BCUT2D eigenvalue weighted by molar-refractivity contribution is 5.78. The Balaban J connectivity index is 2.02. The molecule has 4 nitrogen and oxygen atoms in total. The van der Waals surface area contributed by atoms with Crippen LogP contribution in [0.3, 0.4) is 0 Å². The van der Waals surface area contributed by atoms with Gasteiger partial charge in [-0.3, -0.25) is 0 Å². The number of nitrogens with zero attached hydrogens (tertiary/aromatic N) is 2. The summed E-state index contributed by atoms with van der Waals surface area (Å²) < 4.78 is 7.95. The highest BCUT2D eigenvalue weighted by Crippen LogP contribution is 2.29. The summed E-state index contributed by atoms with van der Waals surface area (Å²) in [7, 11) is 0. The number of hydrogen-bond acceptors (Lipinski definition) is 3. The lowest BCUT2D eigenvalue weighted by Crippen LogP contribution is -2.28. The van der Waals surface area contributed by atoms with Crippen LogP contribution in [-0.4, -0.2) is 29.2 Å². The van der Waals surface area contributed by atoms with Crippen LogP contribution < -0.4 is 10.1 Å². The molecule has 3 rings (SSSR count). The van der Waals surface area contributed by atoms with Gasteiger partial charge in [-0.15, -0.1) is 0 Å². The van der Waals surface area contributed by atoms with Gasteiger partial charge in [0, 0.05) is 18.5 Å². The minimum absolute atomic E-state index is 0.583. The summed E-state index contributed by atoms with van der Waals surface area (Å²) >= 11 is 0. The number of imidazole rings is 1. The maximum atomic E-state index is 5.58. The number of nitrogens with one attached hydrogen (secondary N) is 1. The van der Waals surface area contributed by atoms with Crippen molar-refractivity contribution in [2.45, 2.75) is 39.2 Å². The Morgan fingerprint density at radius 1 is 1.30 bits per heavy atom. The van der Waals surface area contributed by atoms with Gasteiger partial charge in [-0.05, 0) is 51.9 Å². The maximum absolute atomic E-state index is 5.58. The van der Waals surface area contributed by atoms with E-state index in [1.165, 1.54) is 24.2 Å². The van der Waals surface area contributed by atoms with Crippen LogP contribution in [0.4, 0.5) is 0 Å². The quantitative estimate of drug-likeness (QED) is 0.931. The predicted octanol–water partition coefficient (Wildman–Crippen LogP) is 2.92. The molecule has 0 radical (unpaired) electrons. The molecule has 1 fully saturated rings. The molecule has 2 heterocycles. The van der Waals surface area contributed by atoms with E-state index in [9.17, 15) is 0 Å². The number of aromatic nitrogens is 2. The molecule has 1 N–H and O–H groups in total. The Morgan fingerprint density at radius 2 is 2.10 bits per heavy atom. The van der Waals surface area contributed by atoms with Crippen LogP contribution in [-0.2, 0) is 6.54 Å².